The Kier molecular flexibility index (Phi) is 7.12. The molecule has 0 unspecified atom stereocenters. The highest BCUT2D eigenvalue weighted by Crippen LogP contribution is 2.41. The van der Waals surface area contributed by atoms with E-state index in [0.29, 0.717) is 12.5 Å². The summed E-state index contributed by atoms with van der Waals surface area (Å²) in [6.45, 7) is 5.68. The lowest BCUT2D eigenvalue weighted by atomic mass is 9.75. The van der Waals surface area contributed by atoms with E-state index in [1.807, 2.05) is 24.4 Å². The lowest BCUT2D eigenvalue weighted by molar-refractivity contribution is 0.0487. The van der Waals surface area contributed by atoms with Gasteiger partial charge in [-0.1, -0.05) is 19.8 Å². The smallest absolute Gasteiger partial charge is 0.348 e. The molecule has 0 amide bonds. The van der Waals surface area contributed by atoms with Gasteiger partial charge >= 0.3 is 5.97 Å². The zero-order valence-electron chi connectivity index (χ0n) is 17.3. The molecule has 150 valence electrons. The summed E-state index contributed by atoms with van der Waals surface area (Å²) in [4.78, 5) is 17.9. The molecule has 3 rings (SSSR count). The molecule has 0 radical (unpaired) electrons. The summed E-state index contributed by atoms with van der Waals surface area (Å²) in [6, 6.07) is 2.14. The number of likely N-dealkylation sites (N-methyl/N-ethyl adjacent to an activating group) is 2. The van der Waals surface area contributed by atoms with Crippen LogP contribution in [0, 0.1) is 11.8 Å². The average molecular weight is 391 g/mol. The maximum absolute atomic E-state index is 12.7. The van der Waals surface area contributed by atoms with E-state index in [4.69, 9.17) is 4.74 Å². The summed E-state index contributed by atoms with van der Waals surface area (Å²) in [6.07, 6.45) is 6.27. The zero-order valence-corrected chi connectivity index (χ0v) is 18.1. The van der Waals surface area contributed by atoms with Gasteiger partial charge in [-0.3, -0.25) is 0 Å². The minimum absolute atomic E-state index is 0.162. The Morgan fingerprint density at radius 3 is 2.74 bits per heavy atom. The van der Waals surface area contributed by atoms with E-state index in [-0.39, 0.29) is 5.97 Å². The van der Waals surface area contributed by atoms with Crippen LogP contribution in [0.1, 0.15) is 54.3 Å². The molecule has 2 aliphatic rings. The number of esters is 1. The number of thiophene rings is 1. The second kappa shape index (κ2) is 9.35. The predicted octanol–water partition coefficient (Wildman–Crippen LogP) is 4.38. The Balaban J connectivity index is 1.83. The molecule has 2 heterocycles. The summed E-state index contributed by atoms with van der Waals surface area (Å²) in [7, 11) is 6.20. The van der Waals surface area contributed by atoms with Crippen LogP contribution in [0.15, 0.2) is 17.0 Å². The summed E-state index contributed by atoms with van der Waals surface area (Å²) in [5, 5.41) is 2.05. The molecule has 1 fully saturated rings. The molecular formula is C22H34N2O2S. The Labute approximate surface area is 168 Å². The fraction of sp³-hybridized carbons (Fsp3) is 0.682. The van der Waals surface area contributed by atoms with Gasteiger partial charge in [-0.2, -0.15) is 0 Å². The molecule has 1 aliphatic heterocycles. The van der Waals surface area contributed by atoms with E-state index in [0.717, 1.165) is 42.4 Å². The van der Waals surface area contributed by atoms with Gasteiger partial charge in [0.05, 0.1) is 0 Å². The van der Waals surface area contributed by atoms with Crippen molar-refractivity contribution in [1.29, 1.82) is 0 Å². The fourth-order valence-electron chi connectivity index (χ4n) is 4.31. The van der Waals surface area contributed by atoms with E-state index in [1.54, 1.807) is 5.57 Å². The van der Waals surface area contributed by atoms with Gasteiger partial charge in [-0.15, -0.1) is 11.3 Å². The third kappa shape index (κ3) is 5.21. The molecular weight excluding hydrogens is 356 g/mol. The maximum Gasteiger partial charge on any atom is 0.348 e. The predicted molar refractivity (Wildman–Crippen MR) is 113 cm³/mol. The van der Waals surface area contributed by atoms with Crippen LogP contribution in [-0.2, 0) is 4.74 Å². The van der Waals surface area contributed by atoms with Crippen molar-refractivity contribution >= 4 is 22.9 Å². The number of hydrogen-bond acceptors (Lipinski definition) is 5. The number of carbonyl (C=O) groups excluding carboxylic acids is 1. The van der Waals surface area contributed by atoms with Crippen LogP contribution in [0.2, 0.25) is 0 Å². The third-order valence-corrected chi connectivity index (χ3v) is 6.92. The molecule has 0 spiro atoms. The highest BCUT2D eigenvalue weighted by atomic mass is 32.1. The molecule has 1 saturated carbocycles. The van der Waals surface area contributed by atoms with E-state index in [2.05, 4.69) is 24.9 Å². The average Bonchev–Trinajstić information content (AvgIpc) is 3.11. The van der Waals surface area contributed by atoms with Gasteiger partial charge in [0, 0.05) is 25.2 Å². The molecule has 4 nitrogen and oxygen atoms in total. The monoisotopic (exact) mass is 390 g/mol. The molecule has 1 aromatic heterocycles. The van der Waals surface area contributed by atoms with Crippen molar-refractivity contribution in [3.05, 3.63) is 27.5 Å². The van der Waals surface area contributed by atoms with Crippen LogP contribution in [0.25, 0.3) is 5.57 Å². The highest BCUT2D eigenvalue weighted by Gasteiger charge is 2.29. The third-order valence-electron chi connectivity index (χ3n) is 6.03. The molecule has 0 bridgehead atoms. The highest BCUT2D eigenvalue weighted by molar-refractivity contribution is 7.12. The number of carbonyl (C=O) groups is 1. The largest absolute Gasteiger partial charge is 0.460 e. The molecule has 0 N–H and O–H groups in total. The van der Waals surface area contributed by atoms with Crippen molar-refractivity contribution in [1.82, 2.24) is 9.80 Å². The van der Waals surface area contributed by atoms with Crippen LogP contribution < -0.4 is 0 Å². The van der Waals surface area contributed by atoms with Crippen LogP contribution in [-0.4, -0.2) is 63.2 Å². The first-order valence-corrected chi connectivity index (χ1v) is 11.1. The molecule has 0 atom stereocenters. The standard InChI is InChI=1S/C22H34N2O2S/c1-16-5-7-17(8-6-16)20-15-24(4)11-9-18(20)19-10-14-27-21(19)22(25)26-13-12-23(2)3/h10,14,16-17H,5-9,11-13,15H2,1-4H3. The minimum Gasteiger partial charge on any atom is -0.460 e. The van der Waals surface area contributed by atoms with E-state index in [1.165, 1.54) is 42.6 Å². The first-order chi connectivity index (χ1) is 13.0. The van der Waals surface area contributed by atoms with Crippen LogP contribution in [0.4, 0.5) is 0 Å². The van der Waals surface area contributed by atoms with Gasteiger partial charge in [0.2, 0.25) is 0 Å². The van der Waals surface area contributed by atoms with E-state index < -0.39 is 0 Å². The van der Waals surface area contributed by atoms with Crippen molar-refractivity contribution in [3.63, 3.8) is 0 Å². The molecule has 0 saturated heterocycles. The quantitative estimate of drug-likeness (QED) is 0.675. The first kappa shape index (κ1) is 20.6. The molecule has 1 aromatic rings. The molecule has 5 heteroatoms. The van der Waals surface area contributed by atoms with Gasteiger partial charge in [0.1, 0.15) is 11.5 Å². The molecule has 1 aliphatic carbocycles. The van der Waals surface area contributed by atoms with Crippen LogP contribution in [0.3, 0.4) is 0 Å². The second-order valence-electron chi connectivity index (χ2n) is 8.55. The summed E-state index contributed by atoms with van der Waals surface area (Å²) >= 11 is 1.52. The second-order valence-corrected chi connectivity index (χ2v) is 9.47. The van der Waals surface area contributed by atoms with Gasteiger partial charge in [0.25, 0.3) is 0 Å². The number of nitrogens with zero attached hydrogens (tertiary/aromatic N) is 2. The van der Waals surface area contributed by atoms with Crippen molar-refractivity contribution in [2.24, 2.45) is 11.8 Å². The SMILES string of the molecule is CC1CCC(C2=C(c3ccsc3C(=O)OCCN(C)C)CCN(C)C2)CC1. The van der Waals surface area contributed by atoms with Gasteiger partial charge < -0.3 is 14.5 Å². The van der Waals surface area contributed by atoms with Gasteiger partial charge in [-0.25, -0.2) is 4.79 Å². The van der Waals surface area contributed by atoms with Crippen molar-refractivity contribution in [2.75, 3.05) is 47.4 Å². The van der Waals surface area contributed by atoms with Crippen molar-refractivity contribution in [2.45, 2.75) is 39.0 Å². The lowest BCUT2D eigenvalue weighted by Crippen LogP contribution is -2.31. The Morgan fingerprint density at radius 2 is 2.04 bits per heavy atom. The molecule has 0 aromatic carbocycles. The Bertz CT molecular complexity index is 672. The first-order valence-electron chi connectivity index (χ1n) is 10.3. The Hall–Kier alpha value is -1.17. The van der Waals surface area contributed by atoms with E-state index in [9.17, 15) is 4.79 Å². The topological polar surface area (TPSA) is 32.8 Å². The normalized spacial score (nSPS) is 24.5. The zero-order chi connectivity index (χ0) is 19.4. The Morgan fingerprint density at radius 1 is 1.30 bits per heavy atom. The summed E-state index contributed by atoms with van der Waals surface area (Å²) in [5.41, 5.74) is 4.14. The number of rotatable bonds is 6. The number of hydrogen-bond donors (Lipinski definition) is 0. The lowest BCUT2D eigenvalue weighted by Gasteiger charge is -2.35. The van der Waals surface area contributed by atoms with Crippen molar-refractivity contribution < 1.29 is 9.53 Å². The van der Waals surface area contributed by atoms with Crippen LogP contribution in [0.5, 0.6) is 0 Å². The summed E-state index contributed by atoms with van der Waals surface area (Å²) in [5.74, 6) is 1.37. The fourth-order valence-corrected chi connectivity index (χ4v) is 5.13. The number of ether oxygens (including phenoxy) is 1. The van der Waals surface area contributed by atoms with Gasteiger partial charge in [-0.05, 0) is 74.8 Å². The van der Waals surface area contributed by atoms with E-state index >= 15 is 0 Å². The molecule has 27 heavy (non-hydrogen) atoms. The minimum atomic E-state index is -0.162. The van der Waals surface area contributed by atoms with Crippen molar-refractivity contribution in [3.8, 4) is 0 Å². The maximum atomic E-state index is 12.7. The van der Waals surface area contributed by atoms with Gasteiger partial charge in [0.15, 0.2) is 0 Å². The van der Waals surface area contributed by atoms with Crippen LogP contribution >= 0.6 is 11.3 Å². The summed E-state index contributed by atoms with van der Waals surface area (Å²) < 4.78 is 5.54.